The van der Waals surface area contributed by atoms with E-state index in [0.717, 1.165) is 31.4 Å². The van der Waals surface area contributed by atoms with Crippen LogP contribution in [-0.2, 0) is 29.0 Å². The van der Waals surface area contributed by atoms with E-state index in [2.05, 4.69) is 17.4 Å². The van der Waals surface area contributed by atoms with Crippen LogP contribution >= 0.6 is 0 Å². The van der Waals surface area contributed by atoms with Crippen LogP contribution in [0.4, 0.5) is 0 Å². The van der Waals surface area contributed by atoms with Crippen LogP contribution < -0.4 is 10.9 Å². The molecule has 1 saturated carbocycles. The summed E-state index contributed by atoms with van der Waals surface area (Å²) in [5.74, 6) is -0.797. The molecule has 6 rings (SSSR count). The highest BCUT2D eigenvalue weighted by molar-refractivity contribution is 5.91. The second-order valence-electron chi connectivity index (χ2n) is 9.70. The van der Waals surface area contributed by atoms with E-state index in [9.17, 15) is 19.5 Å². The SMILES string of the molecule is O=C(NC1Cc2ccccc2C1)[C@H]1[C@H](CO)[C@H]2Cn3c(cccc3=O)[C@H]2N1C(=O)C1CC1. The molecule has 166 valence electrons. The molecule has 2 aromatic rings. The molecule has 7 heteroatoms. The van der Waals surface area contributed by atoms with E-state index in [1.165, 1.54) is 17.2 Å². The van der Waals surface area contributed by atoms with E-state index < -0.39 is 12.0 Å². The maximum absolute atomic E-state index is 13.6. The predicted octanol–water partition coefficient (Wildman–Crippen LogP) is 1.03. The van der Waals surface area contributed by atoms with E-state index in [0.29, 0.717) is 6.54 Å². The molecule has 4 aliphatic rings. The van der Waals surface area contributed by atoms with Crippen molar-refractivity contribution in [2.75, 3.05) is 6.61 Å². The lowest BCUT2D eigenvalue weighted by atomic mass is 9.88. The normalized spacial score (nSPS) is 28.3. The van der Waals surface area contributed by atoms with Crippen LogP contribution in [0.25, 0.3) is 0 Å². The molecule has 2 amide bonds. The number of nitrogens with zero attached hydrogens (tertiary/aromatic N) is 2. The highest BCUT2D eigenvalue weighted by Crippen LogP contribution is 2.51. The zero-order valence-corrected chi connectivity index (χ0v) is 17.8. The zero-order chi connectivity index (χ0) is 22.0. The summed E-state index contributed by atoms with van der Waals surface area (Å²) in [5.41, 5.74) is 3.17. The van der Waals surface area contributed by atoms with E-state index in [1.807, 2.05) is 18.2 Å². The molecule has 32 heavy (non-hydrogen) atoms. The lowest BCUT2D eigenvalue weighted by molar-refractivity contribution is -0.143. The van der Waals surface area contributed by atoms with Crippen LogP contribution in [0.15, 0.2) is 47.3 Å². The zero-order valence-electron chi connectivity index (χ0n) is 17.8. The Labute approximate surface area is 186 Å². The first-order valence-electron chi connectivity index (χ1n) is 11.6. The molecule has 2 N–H and O–H groups in total. The number of likely N-dealkylation sites (tertiary alicyclic amines) is 1. The molecule has 2 aliphatic heterocycles. The molecule has 1 aromatic heterocycles. The fraction of sp³-hybridized carbons (Fsp3) is 0.480. The van der Waals surface area contributed by atoms with E-state index in [-0.39, 0.29) is 47.9 Å². The van der Waals surface area contributed by atoms with Gasteiger partial charge in [-0.2, -0.15) is 0 Å². The Balaban J connectivity index is 1.33. The summed E-state index contributed by atoms with van der Waals surface area (Å²) in [4.78, 5) is 41.2. The Hall–Kier alpha value is -2.93. The second-order valence-corrected chi connectivity index (χ2v) is 9.70. The number of aromatic nitrogens is 1. The average Bonchev–Trinajstić information content (AvgIpc) is 3.32. The van der Waals surface area contributed by atoms with Crippen molar-refractivity contribution in [2.45, 2.75) is 50.4 Å². The number of nitrogens with one attached hydrogen (secondary N) is 1. The van der Waals surface area contributed by atoms with Gasteiger partial charge in [0.25, 0.3) is 5.56 Å². The Morgan fingerprint density at radius 3 is 2.41 bits per heavy atom. The monoisotopic (exact) mass is 433 g/mol. The van der Waals surface area contributed by atoms with E-state index in [4.69, 9.17) is 0 Å². The molecule has 0 spiro atoms. The molecule has 1 saturated heterocycles. The fourth-order valence-corrected chi connectivity index (χ4v) is 6.17. The number of aliphatic hydroxyl groups excluding tert-OH is 1. The number of pyridine rings is 1. The number of amides is 2. The van der Waals surface area contributed by atoms with Crippen molar-refractivity contribution >= 4 is 11.8 Å². The topological polar surface area (TPSA) is 91.6 Å². The summed E-state index contributed by atoms with van der Waals surface area (Å²) in [5, 5.41) is 13.5. The average molecular weight is 434 g/mol. The van der Waals surface area contributed by atoms with Gasteiger partial charge in [-0.3, -0.25) is 14.4 Å². The number of carbonyl (C=O) groups excluding carboxylic acids is 2. The van der Waals surface area contributed by atoms with Gasteiger partial charge in [0.1, 0.15) is 6.04 Å². The second kappa shape index (κ2) is 7.30. The van der Waals surface area contributed by atoms with Gasteiger partial charge >= 0.3 is 0 Å². The third kappa shape index (κ3) is 2.94. The summed E-state index contributed by atoms with van der Waals surface area (Å²) in [7, 11) is 0. The lowest BCUT2D eigenvalue weighted by Crippen LogP contribution is -2.53. The smallest absolute Gasteiger partial charge is 0.250 e. The van der Waals surface area contributed by atoms with Crippen LogP contribution in [0.5, 0.6) is 0 Å². The molecule has 1 aromatic carbocycles. The van der Waals surface area contributed by atoms with Gasteiger partial charge in [0.2, 0.25) is 11.8 Å². The van der Waals surface area contributed by atoms with Crippen LogP contribution in [0, 0.1) is 17.8 Å². The Morgan fingerprint density at radius 2 is 1.75 bits per heavy atom. The van der Waals surface area contributed by atoms with E-state index in [1.54, 1.807) is 15.5 Å². The summed E-state index contributed by atoms with van der Waals surface area (Å²) >= 11 is 0. The molecule has 0 bridgehead atoms. The van der Waals surface area contributed by atoms with Gasteiger partial charge in [0.15, 0.2) is 0 Å². The Kier molecular flexibility index (Phi) is 4.50. The molecular weight excluding hydrogens is 406 g/mol. The first-order valence-corrected chi connectivity index (χ1v) is 11.6. The van der Waals surface area contributed by atoms with Crippen molar-refractivity contribution in [3.63, 3.8) is 0 Å². The van der Waals surface area contributed by atoms with Crippen molar-refractivity contribution < 1.29 is 14.7 Å². The highest BCUT2D eigenvalue weighted by atomic mass is 16.3. The number of aliphatic hydroxyl groups is 1. The van der Waals surface area contributed by atoms with Crippen LogP contribution in [0.1, 0.15) is 35.7 Å². The number of carbonyl (C=O) groups is 2. The third-order valence-electron chi connectivity index (χ3n) is 7.80. The minimum atomic E-state index is -0.712. The molecule has 2 fully saturated rings. The van der Waals surface area contributed by atoms with Crippen molar-refractivity contribution in [3.8, 4) is 0 Å². The third-order valence-corrected chi connectivity index (χ3v) is 7.80. The minimum Gasteiger partial charge on any atom is -0.396 e. The standard InChI is InChI=1S/C25H27N3O4/c29-13-19-18-12-27-20(6-3-7-21(27)30)22(18)28(25(32)14-8-9-14)23(19)24(31)26-17-10-15-4-1-2-5-16(15)11-17/h1-7,14,17-19,22-23,29H,8-13H2,(H,26,31)/t18-,19-,22+,23-/m1/s1. The number of rotatable bonds is 4. The van der Waals surface area contributed by atoms with Gasteiger partial charge in [-0.25, -0.2) is 0 Å². The van der Waals surface area contributed by atoms with Gasteiger partial charge in [-0.05, 0) is 42.9 Å². The number of benzene rings is 1. The molecule has 0 radical (unpaired) electrons. The number of hydrogen-bond donors (Lipinski definition) is 2. The fourth-order valence-electron chi connectivity index (χ4n) is 6.17. The van der Waals surface area contributed by atoms with Crippen molar-refractivity contribution in [3.05, 3.63) is 69.6 Å². The molecule has 0 unspecified atom stereocenters. The van der Waals surface area contributed by atoms with Gasteiger partial charge < -0.3 is 19.9 Å². The molecule has 3 heterocycles. The molecule has 4 atom stereocenters. The van der Waals surface area contributed by atoms with Crippen molar-refractivity contribution in [1.29, 1.82) is 0 Å². The van der Waals surface area contributed by atoms with Crippen molar-refractivity contribution in [1.82, 2.24) is 14.8 Å². The predicted molar refractivity (Wildman–Crippen MR) is 117 cm³/mol. The summed E-state index contributed by atoms with van der Waals surface area (Å²) in [6, 6.07) is 12.3. The van der Waals surface area contributed by atoms with Gasteiger partial charge in [-0.15, -0.1) is 0 Å². The Bertz CT molecular complexity index is 1130. The van der Waals surface area contributed by atoms with Gasteiger partial charge in [0.05, 0.1) is 6.04 Å². The molecule has 7 nitrogen and oxygen atoms in total. The number of fused-ring (bicyclic) bond motifs is 4. The lowest BCUT2D eigenvalue weighted by Gasteiger charge is -2.32. The summed E-state index contributed by atoms with van der Waals surface area (Å²) < 4.78 is 1.70. The maximum atomic E-state index is 13.6. The number of hydrogen-bond acceptors (Lipinski definition) is 4. The summed E-state index contributed by atoms with van der Waals surface area (Å²) in [6.07, 6.45) is 3.23. The van der Waals surface area contributed by atoms with Crippen LogP contribution in [-0.4, -0.2) is 45.1 Å². The van der Waals surface area contributed by atoms with Crippen LogP contribution in [0.3, 0.4) is 0 Å². The largest absolute Gasteiger partial charge is 0.396 e. The first-order chi connectivity index (χ1) is 15.6. The maximum Gasteiger partial charge on any atom is 0.250 e. The highest BCUT2D eigenvalue weighted by Gasteiger charge is 2.58. The summed E-state index contributed by atoms with van der Waals surface area (Å²) in [6.45, 7) is 0.235. The Morgan fingerprint density at radius 1 is 1.03 bits per heavy atom. The first kappa shape index (κ1) is 19.7. The molecular formula is C25H27N3O4. The quantitative estimate of drug-likeness (QED) is 0.754. The van der Waals surface area contributed by atoms with Gasteiger partial charge in [0, 0.05) is 48.7 Å². The van der Waals surface area contributed by atoms with Gasteiger partial charge in [-0.1, -0.05) is 30.3 Å². The van der Waals surface area contributed by atoms with Crippen molar-refractivity contribution in [2.24, 2.45) is 17.8 Å². The minimum absolute atomic E-state index is 0.00698. The molecule has 2 aliphatic carbocycles. The van der Waals surface area contributed by atoms with Crippen LogP contribution in [0.2, 0.25) is 0 Å². The van der Waals surface area contributed by atoms with E-state index >= 15 is 0 Å².